The summed E-state index contributed by atoms with van der Waals surface area (Å²) in [6.07, 6.45) is 4.11. The summed E-state index contributed by atoms with van der Waals surface area (Å²) in [6, 6.07) is 7.81. The molecular weight excluding hydrogens is 372 g/mol. The van der Waals surface area contributed by atoms with Crippen LogP contribution in [0, 0.1) is 5.92 Å². The van der Waals surface area contributed by atoms with Crippen molar-refractivity contribution in [3.05, 3.63) is 28.7 Å². The zero-order valence-corrected chi connectivity index (χ0v) is 15.1. The lowest BCUT2D eigenvalue weighted by molar-refractivity contribution is -0.121. The molecule has 3 nitrogen and oxygen atoms in total. The molecule has 1 aromatic rings. The van der Waals surface area contributed by atoms with Crippen LogP contribution in [-0.4, -0.2) is 31.5 Å². The van der Waals surface area contributed by atoms with Gasteiger partial charge in [0.1, 0.15) is 15.6 Å². The molecule has 0 bridgehead atoms. The van der Waals surface area contributed by atoms with E-state index in [1.807, 2.05) is 24.3 Å². The van der Waals surface area contributed by atoms with E-state index >= 15 is 0 Å². The van der Waals surface area contributed by atoms with E-state index in [2.05, 4.69) is 15.9 Å². The van der Waals surface area contributed by atoms with Gasteiger partial charge in [0.15, 0.2) is 0 Å². The van der Waals surface area contributed by atoms with Crippen molar-refractivity contribution in [1.82, 2.24) is 0 Å². The SMILES string of the molecule is CS(=O)(=O)C1CCCC(C(=O)CSc2ccccc2Br)C1. The number of thioether (sulfide) groups is 1. The molecule has 1 fully saturated rings. The standard InChI is InChI=1S/C15H19BrO3S2/c1-21(18,19)12-6-4-5-11(9-12)14(17)10-20-15-8-3-2-7-13(15)16/h2-3,7-8,11-12H,4-6,9-10H2,1H3. The van der Waals surface area contributed by atoms with Gasteiger partial charge in [-0.3, -0.25) is 4.79 Å². The number of carbonyl (C=O) groups excluding carboxylic acids is 1. The average molecular weight is 391 g/mol. The molecule has 1 aromatic carbocycles. The van der Waals surface area contributed by atoms with Crippen molar-refractivity contribution in [3.8, 4) is 0 Å². The van der Waals surface area contributed by atoms with Crippen molar-refractivity contribution in [3.63, 3.8) is 0 Å². The van der Waals surface area contributed by atoms with Crippen LogP contribution in [0.2, 0.25) is 0 Å². The Hall–Kier alpha value is -0.330. The average Bonchev–Trinajstić information content (AvgIpc) is 2.45. The summed E-state index contributed by atoms with van der Waals surface area (Å²) < 4.78 is 24.3. The van der Waals surface area contributed by atoms with Crippen LogP contribution in [-0.2, 0) is 14.6 Å². The Kier molecular flexibility index (Phi) is 5.91. The quantitative estimate of drug-likeness (QED) is 0.718. The highest BCUT2D eigenvalue weighted by atomic mass is 79.9. The number of Topliss-reactive ketones (excluding diaryl/α,β-unsaturated/α-hetero) is 1. The molecule has 0 spiro atoms. The second kappa shape index (κ2) is 7.29. The number of carbonyl (C=O) groups is 1. The minimum Gasteiger partial charge on any atom is -0.298 e. The minimum atomic E-state index is -3.03. The number of ketones is 1. The van der Waals surface area contributed by atoms with Gasteiger partial charge in [-0.1, -0.05) is 18.6 Å². The molecule has 0 saturated heterocycles. The van der Waals surface area contributed by atoms with Gasteiger partial charge in [-0.2, -0.15) is 0 Å². The molecule has 0 heterocycles. The van der Waals surface area contributed by atoms with Crippen LogP contribution in [0.1, 0.15) is 25.7 Å². The topological polar surface area (TPSA) is 51.2 Å². The van der Waals surface area contributed by atoms with E-state index in [1.165, 1.54) is 18.0 Å². The molecule has 21 heavy (non-hydrogen) atoms. The molecule has 0 N–H and O–H groups in total. The first kappa shape index (κ1) is 17.0. The Morgan fingerprint density at radius 3 is 2.71 bits per heavy atom. The van der Waals surface area contributed by atoms with E-state index in [1.54, 1.807) is 0 Å². The zero-order valence-electron chi connectivity index (χ0n) is 11.9. The summed E-state index contributed by atoms with van der Waals surface area (Å²) >= 11 is 4.98. The predicted molar refractivity (Wildman–Crippen MR) is 90.5 cm³/mol. The van der Waals surface area contributed by atoms with Gasteiger partial charge in [-0.25, -0.2) is 8.42 Å². The number of sulfone groups is 1. The smallest absolute Gasteiger partial charge is 0.150 e. The largest absolute Gasteiger partial charge is 0.298 e. The molecule has 116 valence electrons. The number of benzene rings is 1. The van der Waals surface area contributed by atoms with E-state index in [0.717, 1.165) is 22.2 Å². The Morgan fingerprint density at radius 2 is 2.05 bits per heavy atom. The van der Waals surface area contributed by atoms with E-state index < -0.39 is 9.84 Å². The minimum absolute atomic E-state index is 0.103. The predicted octanol–water partition coefficient (Wildman–Crippen LogP) is 3.71. The Bertz CT molecular complexity index is 613. The molecule has 1 aliphatic carbocycles. The fourth-order valence-corrected chi connectivity index (χ4v) is 5.37. The first-order valence-electron chi connectivity index (χ1n) is 6.97. The first-order valence-corrected chi connectivity index (χ1v) is 10.7. The number of hydrogen-bond donors (Lipinski definition) is 0. The molecule has 2 atom stereocenters. The Labute approximate surface area is 138 Å². The third kappa shape index (κ3) is 4.83. The lowest BCUT2D eigenvalue weighted by Crippen LogP contribution is -2.31. The van der Waals surface area contributed by atoms with Crippen molar-refractivity contribution in [2.75, 3.05) is 12.0 Å². The van der Waals surface area contributed by atoms with Gasteiger partial charge < -0.3 is 0 Å². The van der Waals surface area contributed by atoms with Gasteiger partial charge in [0.2, 0.25) is 0 Å². The lowest BCUT2D eigenvalue weighted by atomic mass is 9.86. The van der Waals surface area contributed by atoms with Crippen molar-refractivity contribution in [2.24, 2.45) is 5.92 Å². The molecule has 0 amide bonds. The highest BCUT2D eigenvalue weighted by Crippen LogP contribution is 2.32. The summed E-state index contributed by atoms with van der Waals surface area (Å²) in [5.41, 5.74) is 0. The molecular formula is C15H19BrO3S2. The molecule has 0 aromatic heterocycles. The fraction of sp³-hybridized carbons (Fsp3) is 0.533. The lowest BCUT2D eigenvalue weighted by Gasteiger charge is -2.26. The normalized spacial score (nSPS) is 23.0. The molecule has 6 heteroatoms. The van der Waals surface area contributed by atoms with Crippen molar-refractivity contribution >= 4 is 43.3 Å². The maximum Gasteiger partial charge on any atom is 0.150 e. The van der Waals surface area contributed by atoms with Crippen LogP contribution >= 0.6 is 27.7 Å². The number of hydrogen-bond acceptors (Lipinski definition) is 4. The summed E-state index contributed by atoms with van der Waals surface area (Å²) in [5.74, 6) is 0.474. The Balaban J connectivity index is 1.93. The number of halogens is 1. The van der Waals surface area contributed by atoms with Crippen LogP contribution in [0.15, 0.2) is 33.6 Å². The summed E-state index contributed by atoms with van der Waals surface area (Å²) in [7, 11) is -3.03. The summed E-state index contributed by atoms with van der Waals surface area (Å²) in [4.78, 5) is 13.4. The summed E-state index contributed by atoms with van der Waals surface area (Å²) in [5, 5.41) is -0.339. The molecule has 1 aliphatic rings. The van der Waals surface area contributed by atoms with E-state index in [4.69, 9.17) is 0 Å². The molecule has 0 radical (unpaired) electrons. The van der Waals surface area contributed by atoms with Crippen molar-refractivity contribution in [2.45, 2.75) is 35.8 Å². The maximum absolute atomic E-state index is 12.3. The highest BCUT2D eigenvalue weighted by Gasteiger charge is 2.32. The number of rotatable bonds is 5. The van der Waals surface area contributed by atoms with Gasteiger partial charge >= 0.3 is 0 Å². The van der Waals surface area contributed by atoms with Crippen molar-refractivity contribution < 1.29 is 13.2 Å². The second-order valence-corrected chi connectivity index (χ2v) is 9.70. The third-order valence-corrected chi connectivity index (χ3v) is 7.58. The van der Waals surface area contributed by atoms with Gasteiger partial charge in [0.05, 0.1) is 11.0 Å². The van der Waals surface area contributed by atoms with Gasteiger partial charge in [0.25, 0.3) is 0 Å². The maximum atomic E-state index is 12.3. The van der Waals surface area contributed by atoms with Crippen LogP contribution in [0.3, 0.4) is 0 Å². The van der Waals surface area contributed by atoms with Crippen LogP contribution < -0.4 is 0 Å². The monoisotopic (exact) mass is 390 g/mol. The highest BCUT2D eigenvalue weighted by molar-refractivity contribution is 9.10. The van der Waals surface area contributed by atoms with Crippen LogP contribution in [0.5, 0.6) is 0 Å². The third-order valence-electron chi connectivity index (χ3n) is 3.89. The van der Waals surface area contributed by atoms with Crippen LogP contribution in [0.4, 0.5) is 0 Å². The molecule has 2 rings (SSSR count). The van der Waals surface area contributed by atoms with Gasteiger partial charge in [-0.15, -0.1) is 11.8 Å². The van der Waals surface area contributed by atoms with E-state index in [0.29, 0.717) is 18.6 Å². The van der Waals surface area contributed by atoms with Gasteiger partial charge in [-0.05, 0) is 47.3 Å². The molecule has 1 saturated carbocycles. The molecule has 2 unspecified atom stereocenters. The second-order valence-electron chi connectivity index (χ2n) is 5.50. The fourth-order valence-electron chi connectivity index (χ4n) is 2.65. The zero-order chi connectivity index (χ0) is 15.5. The van der Waals surface area contributed by atoms with Gasteiger partial charge in [0, 0.05) is 21.5 Å². The van der Waals surface area contributed by atoms with E-state index in [-0.39, 0.29) is 17.0 Å². The first-order chi connectivity index (χ1) is 9.88. The molecule has 0 aliphatic heterocycles. The Morgan fingerprint density at radius 1 is 1.33 bits per heavy atom. The van der Waals surface area contributed by atoms with Crippen molar-refractivity contribution in [1.29, 1.82) is 0 Å². The van der Waals surface area contributed by atoms with E-state index in [9.17, 15) is 13.2 Å². The summed E-state index contributed by atoms with van der Waals surface area (Å²) in [6.45, 7) is 0. The van der Waals surface area contributed by atoms with Crippen LogP contribution in [0.25, 0.3) is 0 Å².